The van der Waals surface area contributed by atoms with E-state index in [1.807, 2.05) is 12.1 Å². The molecule has 0 bridgehead atoms. The van der Waals surface area contributed by atoms with Crippen molar-refractivity contribution in [2.45, 2.75) is 26.2 Å². The maximum Gasteiger partial charge on any atom is 0.334 e. The lowest BCUT2D eigenvalue weighted by Gasteiger charge is -2.19. The number of hydrogen-bond acceptors (Lipinski definition) is 3. The van der Waals surface area contributed by atoms with Gasteiger partial charge in [-0.2, -0.15) is 0 Å². The topological polar surface area (TPSA) is 43.4 Å². The first-order valence-electron chi connectivity index (χ1n) is 6.28. The average Bonchev–Trinajstić information content (AvgIpc) is 2.40. The third-order valence-corrected chi connectivity index (χ3v) is 3.36. The fourth-order valence-electron chi connectivity index (χ4n) is 2.19. The molecule has 19 heavy (non-hydrogen) atoms. The second-order valence-corrected chi connectivity index (χ2v) is 4.84. The van der Waals surface area contributed by atoms with Crippen molar-refractivity contribution in [1.29, 1.82) is 0 Å². The number of hydrogen-bond donors (Lipinski definition) is 0. The van der Waals surface area contributed by atoms with Gasteiger partial charge >= 0.3 is 5.97 Å². The molecule has 0 aliphatic heterocycles. The van der Waals surface area contributed by atoms with Crippen LogP contribution in [0.2, 0.25) is 5.02 Å². The molecule has 0 unspecified atom stereocenters. The number of ketones is 1. The van der Waals surface area contributed by atoms with Gasteiger partial charge in [-0.05, 0) is 36.6 Å². The van der Waals surface area contributed by atoms with E-state index in [1.165, 1.54) is 0 Å². The third kappa shape index (κ3) is 3.24. The number of benzene rings is 1. The van der Waals surface area contributed by atoms with Crippen LogP contribution >= 0.6 is 11.6 Å². The standard InChI is InChI=1S/C15H15ClO3/c1-2-19-15(18)14-9-12(17)7-8-13(14)10-3-5-11(16)6-4-10/h3-6H,2,7-9H2,1H3. The second kappa shape index (κ2) is 6.02. The van der Waals surface area contributed by atoms with E-state index in [2.05, 4.69) is 0 Å². The van der Waals surface area contributed by atoms with Gasteiger partial charge in [-0.25, -0.2) is 4.79 Å². The molecular formula is C15H15ClO3. The molecule has 0 heterocycles. The highest BCUT2D eigenvalue weighted by Gasteiger charge is 2.25. The highest BCUT2D eigenvalue weighted by molar-refractivity contribution is 6.30. The summed E-state index contributed by atoms with van der Waals surface area (Å²) in [7, 11) is 0. The molecule has 0 spiro atoms. The van der Waals surface area contributed by atoms with Crippen LogP contribution in [0.1, 0.15) is 31.7 Å². The Morgan fingerprint density at radius 1 is 1.26 bits per heavy atom. The van der Waals surface area contributed by atoms with Gasteiger partial charge in [-0.3, -0.25) is 4.79 Å². The number of esters is 1. The van der Waals surface area contributed by atoms with Gasteiger partial charge in [0.1, 0.15) is 5.78 Å². The van der Waals surface area contributed by atoms with E-state index in [-0.39, 0.29) is 18.2 Å². The fourth-order valence-corrected chi connectivity index (χ4v) is 2.32. The van der Waals surface area contributed by atoms with Crippen LogP contribution in [0.15, 0.2) is 29.8 Å². The molecule has 0 fully saturated rings. The van der Waals surface area contributed by atoms with Crippen molar-refractivity contribution in [1.82, 2.24) is 0 Å². The van der Waals surface area contributed by atoms with Crippen molar-refractivity contribution in [2.75, 3.05) is 6.61 Å². The van der Waals surface area contributed by atoms with E-state index in [1.54, 1.807) is 19.1 Å². The maximum atomic E-state index is 11.9. The Balaban J connectivity index is 2.41. The highest BCUT2D eigenvalue weighted by atomic mass is 35.5. The van der Waals surface area contributed by atoms with Gasteiger partial charge in [0.2, 0.25) is 0 Å². The first kappa shape index (κ1) is 13.8. The van der Waals surface area contributed by atoms with Crippen molar-refractivity contribution in [3.63, 3.8) is 0 Å². The van der Waals surface area contributed by atoms with Gasteiger partial charge in [0.05, 0.1) is 6.61 Å². The van der Waals surface area contributed by atoms with Crippen molar-refractivity contribution < 1.29 is 14.3 Å². The Morgan fingerprint density at radius 3 is 2.58 bits per heavy atom. The molecule has 0 aromatic heterocycles. The number of carbonyl (C=O) groups excluding carboxylic acids is 2. The molecule has 0 N–H and O–H groups in total. The highest BCUT2D eigenvalue weighted by Crippen LogP contribution is 2.32. The number of Topliss-reactive ketones (excluding diaryl/α,β-unsaturated/α-hetero) is 1. The van der Waals surface area contributed by atoms with Crippen molar-refractivity contribution >= 4 is 28.9 Å². The van der Waals surface area contributed by atoms with Gasteiger partial charge in [-0.1, -0.05) is 23.7 Å². The summed E-state index contributed by atoms with van der Waals surface area (Å²) in [6, 6.07) is 7.30. The molecule has 0 amide bonds. The summed E-state index contributed by atoms with van der Waals surface area (Å²) >= 11 is 5.86. The monoisotopic (exact) mass is 278 g/mol. The van der Waals surface area contributed by atoms with Gasteiger partial charge < -0.3 is 4.74 Å². The summed E-state index contributed by atoms with van der Waals surface area (Å²) in [5.41, 5.74) is 2.31. The number of rotatable bonds is 3. The van der Waals surface area contributed by atoms with Crippen molar-refractivity contribution in [3.8, 4) is 0 Å². The maximum absolute atomic E-state index is 11.9. The predicted molar refractivity (Wildman–Crippen MR) is 73.9 cm³/mol. The molecule has 0 radical (unpaired) electrons. The molecule has 0 saturated heterocycles. The Kier molecular flexibility index (Phi) is 4.38. The molecule has 1 aliphatic rings. The Hall–Kier alpha value is -1.61. The van der Waals surface area contributed by atoms with Gasteiger partial charge in [0.15, 0.2) is 0 Å². The fraction of sp³-hybridized carbons (Fsp3) is 0.333. The molecule has 3 nitrogen and oxygen atoms in total. The van der Waals surface area contributed by atoms with Crippen LogP contribution in [0.3, 0.4) is 0 Å². The summed E-state index contributed by atoms with van der Waals surface area (Å²) < 4.78 is 5.03. The molecule has 0 saturated carbocycles. The quantitative estimate of drug-likeness (QED) is 0.796. The normalized spacial score (nSPS) is 15.6. The van der Waals surface area contributed by atoms with Gasteiger partial charge in [0, 0.05) is 23.4 Å². The molecule has 1 aromatic carbocycles. The largest absolute Gasteiger partial charge is 0.463 e. The Bertz CT molecular complexity index is 529. The summed E-state index contributed by atoms with van der Waals surface area (Å²) in [5, 5.41) is 0.647. The molecule has 2 rings (SSSR count). The van der Waals surface area contributed by atoms with E-state index in [9.17, 15) is 9.59 Å². The number of carbonyl (C=O) groups is 2. The van der Waals surface area contributed by atoms with Crippen LogP contribution in [-0.4, -0.2) is 18.4 Å². The summed E-state index contributed by atoms with van der Waals surface area (Å²) in [6.07, 6.45) is 1.21. The zero-order valence-electron chi connectivity index (χ0n) is 10.7. The number of ether oxygens (including phenoxy) is 1. The molecule has 100 valence electrons. The van der Waals surface area contributed by atoms with Crippen LogP contribution in [0.25, 0.3) is 5.57 Å². The van der Waals surface area contributed by atoms with E-state index < -0.39 is 0 Å². The van der Waals surface area contributed by atoms with Crippen LogP contribution in [0.4, 0.5) is 0 Å². The molecule has 1 aromatic rings. The van der Waals surface area contributed by atoms with E-state index in [4.69, 9.17) is 16.3 Å². The minimum atomic E-state index is -0.388. The Labute approximate surface area is 117 Å². The Morgan fingerprint density at radius 2 is 1.95 bits per heavy atom. The predicted octanol–water partition coefficient (Wildman–Crippen LogP) is 3.41. The summed E-state index contributed by atoms with van der Waals surface area (Å²) in [5.74, 6) is -0.304. The van der Waals surface area contributed by atoms with Crippen LogP contribution in [-0.2, 0) is 14.3 Å². The number of allylic oxidation sites excluding steroid dienone is 1. The number of halogens is 1. The molecule has 4 heteroatoms. The zero-order valence-corrected chi connectivity index (χ0v) is 11.5. The lowest BCUT2D eigenvalue weighted by atomic mass is 9.86. The van der Waals surface area contributed by atoms with Crippen LogP contribution in [0.5, 0.6) is 0 Å². The van der Waals surface area contributed by atoms with Gasteiger partial charge in [-0.15, -0.1) is 0 Å². The van der Waals surface area contributed by atoms with E-state index >= 15 is 0 Å². The lowest BCUT2D eigenvalue weighted by Crippen LogP contribution is -2.17. The molecule has 1 aliphatic carbocycles. The summed E-state index contributed by atoms with van der Waals surface area (Å²) in [4.78, 5) is 23.5. The van der Waals surface area contributed by atoms with Gasteiger partial charge in [0.25, 0.3) is 0 Å². The minimum absolute atomic E-state index is 0.0840. The van der Waals surface area contributed by atoms with Crippen molar-refractivity contribution in [3.05, 3.63) is 40.4 Å². The molecule has 0 atom stereocenters. The van der Waals surface area contributed by atoms with Crippen LogP contribution < -0.4 is 0 Å². The zero-order chi connectivity index (χ0) is 13.8. The minimum Gasteiger partial charge on any atom is -0.463 e. The first-order chi connectivity index (χ1) is 9.11. The lowest BCUT2D eigenvalue weighted by molar-refractivity contribution is -0.139. The van der Waals surface area contributed by atoms with E-state index in [0.717, 1.165) is 11.1 Å². The molecular weight excluding hydrogens is 264 g/mol. The second-order valence-electron chi connectivity index (χ2n) is 4.40. The first-order valence-corrected chi connectivity index (χ1v) is 6.66. The van der Waals surface area contributed by atoms with Crippen molar-refractivity contribution in [2.24, 2.45) is 0 Å². The third-order valence-electron chi connectivity index (χ3n) is 3.11. The summed E-state index contributed by atoms with van der Waals surface area (Å²) in [6.45, 7) is 2.06. The smallest absolute Gasteiger partial charge is 0.334 e. The SMILES string of the molecule is CCOC(=O)C1=C(c2ccc(Cl)cc2)CCC(=O)C1. The van der Waals surface area contributed by atoms with E-state index in [0.29, 0.717) is 30.0 Å². The van der Waals surface area contributed by atoms with Crippen LogP contribution in [0, 0.1) is 0 Å². The average molecular weight is 279 g/mol.